The molecule has 0 spiro atoms. The van der Waals surface area contributed by atoms with Crippen LogP contribution in [0, 0.1) is 6.92 Å². The summed E-state index contributed by atoms with van der Waals surface area (Å²) in [7, 11) is 0. The van der Waals surface area contributed by atoms with Crippen LogP contribution >= 0.6 is 0 Å². The van der Waals surface area contributed by atoms with Gasteiger partial charge in [0.25, 0.3) is 0 Å². The van der Waals surface area contributed by atoms with Crippen molar-refractivity contribution < 1.29 is 4.74 Å². The molecule has 1 aliphatic heterocycles. The van der Waals surface area contributed by atoms with Crippen LogP contribution in [0.2, 0.25) is 0 Å². The van der Waals surface area contributed by atoms with Crippen LogP contribution in [0.25, 0.3) is 0 Å². The predicted octanol–water partition coefficient (Wildman–Crippen LogP) is 0.660. The number of aromatic nitrogens is 2. The highest BCUT2D eigenvalue weighted by Crippen LogP contribution is 2.22. The van der Waals surface area contributed by atoms with E-state index in [1.165, 1.54) is 6.33 Å². The quantitative estimate of drug-likeness (QED) is 0.515. The third-order valence-electron chi connectivity index (χ3n) is 2.92. The zero-order chi connectivity index (χ0) is 11.5. The molecule has 1 aromatic rings. The van der Waals surface area contributed by atoms with Gasteiger partial charge >= 0.3 is 0 Å². The lowest BCUT2D eigenvalue weighted by atomic mass is 10.1. The van der Waals surface area contributed by atoms with Gasteiger partial charge in [-0.15, -0.1) is 0 Å². The van der Waals surface area contributed by atoms with Crippen molar-refractivity contribution in [3.63, 3.8) is 0 Å². The first-order valence-corrected chi connectivity index (χ1v) is 5.38. The first kappa shape index (κ1) is 11.1. The summed E-state index contributed by atoms with van der Waals surface area (Å²) >= 11 is 0. The minimum Gasteiger partial charge on any atom is -0.376 e. The van der Waals surface area contributed by atoms with Gasteiger partial charge in [0.1, 0.15) is 18.0 Å². The number of rotatable bonds is 3. The number of hydrogen-bond acceptors (Lipinski definition) is 6. The Kier molecular flexibility index (Phi) is 3.21. The lowest BCUT2D eigenvalue weighted by Crippen LogP contribution is -2.28. The van der Waals surface area contributed by atoms with E-state index in [-0.39, 0.29) is 6.10 Å². The Hall–Kier alpha value is -1.40. The third-order valence-corrected chi connectivity index (χ3v) is 2.92. The third kappa shape index (κ3) is 2.07. The van der Waals surface area contributed by atoms with E-state index in [4.69, 9.17) is 10.6 Å². The molecule has 6 nitrogen and oxygen atoms in total. The number of nitrogens with two attached hydrogens (primary N) is 1. The average molecular weight is 223 g/mol. The summed E-state index contributed by atoms with van der Waals surface area (Å²) in [5.41, 5.74) is 3.47. The van der Waals surface area contributed by atoms with Gasteiger partial charge in [-0.3, -0.25) is 0 Å². The monoisotopic (exact) mass is 223 g/mol. The summed E-state index contributed by atoms with van der Waals surface area (Å²) in [6.07, 6.45) is 2.70. The van der Waals surface area contributed by atoms with Crippen molar-refractivity contribution in [3.05, 3.63) is 11.9 Å². The summed E-state index contributed by atoms with van der Waals surface area (Å²) < 4.78 is 5.49. The van der Waals surface area contributed by atoms with Crippen LogP contribution in [0.5, 0.6) is 0 Å². The minimum absolute atomic E-state index is 0.212. The van der Waals surface area contributed by atoms with E-state index in [0.717, 1.165) is 24.4 Å². The second kappa shape index (κ2) is 4.63. The van der Waals surface area contributed by atoms with E-state index in [2.05, 4.69) is 27.6 Å². The Bertz CT molecular complexity index is 370. The van der Waals surface area contributed by atoms with E-state index >= 15 is 0 Å². The molecular weight excluding hydrogens is 206 g/mol. The number of nitrogens with one attached hydrogen (secondary N) is 2. The first-order chi connectivity index (χ1) is 7.72. The molecule has 0 radical (unpaired) electrons. The van der Waals surface area contributed by atoms with E-state index in [1.807, 2.05) is 6.92 Å². The number of hydrazine groups is 1. The summed E-state index contributed by atoms with van der Waals surface area (Å²) in [6.45, 7) is 4.78. The normalized spacial score (nSPS) is 24.4. The summed E-state index contributed by atoms with van der Waals surface area (Å²) in [6, 6.07) is 0.305. The predicted molar refractivity (Wildman–Crippen MR) is 62.0 cm³/mol. The fourth-order valence-electron chi connectivity index (χ4n) is 1.84. The Labute approximate surface area is 94.6 Å². The Morgan fingerprint density at radius 1 is 1.44 bits per heavy atom. The molecular formula is C10H17N5O. The van der Waals surface area contributed by atoms with E-state index in [1.54, 1.807) is 0 Å². The van der Waals surface area contributed by atoms with Gasteiger partial charge in [-0.2, -0.15) is 0 Å². The molecule has 2 heterocycles. The molecule has 0 bridgehead atoms. The van der Waals surface area contributed by atoms with E-state index in [9.17, 15) is 0 Å². The summed E-state index contributed by atoms with van der Waals surface area (Å²) in [5.74, 6) is 6.82. The molecule has 1 aliphatic rings. The molecule has 0 saturated carbocycles. The first-order valence-electron chi connectivity index (χ1n) is 5.38. The Balaban J connectivity index is 2.14. The zero-order valence-corrected chi connectivity index (χ0v) is 9.53. The number of hydrogen-bond donors (Lipinski definition) is 3. The SMILES string of the molecule is Cc1c(NN)ncnc1NC1CCOC1C. The highest BCUT2D eigenvalue weighted by Gasteiger charge is 2.24. The molecule has 16 heavy (non-hydrogen) atoms. The van der Waals surface area contributed by atoms with Gasteiger partial charge in [0.05, 0.1) is 12.1 Å². The van der Waals surface area contributed by atoms with Crippen LogP contribution in [0.1, 0.15) is 18.9 Å². The molecule has 1 fully saturated rings. The molecule has 2 atom stereocenters. The van der Waals surface area contributed by atoms with Crippen molar-refractivity contribution in [2.24, 2.45) is 5.84 Å². The molecule has 4 N–H and O–H groups in total. The molecule has 2 unspecified atom stereocenters. The minimum atomic E-state index is 0.212. The number of ether oxygens (including phenoxy) is 1. The second-order valence-corrected chi connectivity index (χ2v) is 3.96. The summed E-state index contributed by atoms with van der Waals surface area (Å²) in [5, 5.41) is 3.36. The molecule has 0 aliphatic carbocycles. The standard InChI is InChI=1S/C10H17N5O/c1-6-9(12-5-13-10(6)15-11)14-8-3-4-16-7(8)2/h5,7-8H,3-4,11H2,1-2H3,(H2,12,13,14,15). The van der Waals surface area contributed by atoms with Crippen molar-refractivity contribution in [1.82, 2.24) is 9.97 Å². The number of nitrogens with zero attached hydrogens (tertiary/aromatic N) is 2. The van der Waals surface area contributed by atoms with Gasteiger partial charge in [0.2, 0.25) is 0 Å². The van der Waals surface area contributed by atoms with Crippen molar-refractivity contribution in [1.29, 1.82) is 0 Å². The van der Waals surface area contributed by atoms with Crippen LogP contribution in [0.3, 0.4) is 0 Å². The van der Waals surface area contributed by atoms with Gasteiger partial charge in [-0.25, -0.2) is 15.8 Å². The fraction of sp³-hybridized carbons (Fsp3) is 0.600. The Morgan fingerprint density at radius 2 is 2.19 bits per heavy atom. The van der Waals surface area contributed by atoms with Crippen LogP contribution in [0.4, 0.5) is 11.6 Å². The van der Waals surface area contributed by atoms with Gasteiger partial charge in [-0.05, 0) is 20.3 Å². The van der Waals surface area contributed by atoms with Gasteiger partial charge in [0.15, 0.2) is 0 Å². The number of nitrogen functional groups attached to an aromatic ring is 1. The lowest BCUT2D eigenvalue weighted by molar-refractivity contribution is 0.121. The van der Waals surface area contributed by atoms with Gasteiger partial charge < -0.3 is 15.5 Å². The highest BCUT2D eigenvalue weighted by atomic mass is 16.5. The van der Waals surface area contributed by atoms with Crippen molar-refractivity contribution in [2.45, 2.75) is 32.4 Å². The zero-order valence-electron chi connectivity index (χ0n) is 9.53. The molecule has 0 amide bonds. The van der Waals surface area contributed by atoms with Crippen LogP contribution < -0.4 is 16.6 Å². The van der Waals surface area contributed by atoms with Crippen molar-refractivity contribution >= 4 is 11.6 Å². The van der Waals surface area contributed by atoms with Crippen LogP contribution in [-0.2, 0) is 4.74 Å². The topological polar surface area (TPSA) is 85.1 Å². The Morgan fingerprint density at radius 3 is 2.81 bits per heavy atom. The maximum Gasteiger partial charge on any atom is 0.148 e. The number of anilines is 2. The lowest BCUT2D eigenvalue weighted by Gasteiger charge is -2.18. The van der Waals surface area contributed by atoms with E-state index < -0.39 is 0 Å². The molecule has 88 valence electrons. The molecule has 1 saturated heterocycles. The smallest absolute Gasteiger partial charge is 0.148 e. The molecule has 1 aromatic heterocycles. The maximum absolute atomic E-state index is 5.49. The summed E-state index contributed by atoms with van der Waals surface area (Å²) in [4.78, 5) is 8.24. The fourth-order valence-corrected chi connectivity index (χ4v) is 1.84. The van der Waals surface area contributed by atoms with E-state index in [0.29, 0.717) is 11.9 Å². The highest BCUT2D eigenvalue weighted by molar-refractivity contribution is 5.56. The molecule has 2 rings (SSSR count). The molecule has 0 aromatic carbocycles. The van der Waals surface area contributed by atoms with Gasteiger partial charge in [0, 0.05) is 12.2 Å². The maximum atomic E-state index is 5.49. The second-order valence-electron chi connectivity index (χ2n) is 3.96. The van der Waals surface area contributed by atoms with Gasteiger partial charge in [-0.1, -0.05) is 0 Å². The van der Waals surface area contributed by atoms with Crippen molar-refractivity contribution in [3.8, 4) is 0 Å². The average Bonchev–Trinajstić information content (AvgIpc) is 2.68. The molecule has 6 heteroatoms. The van der Waals surface area contributed by atoms with Crippen molar-refractivity contribution in [2.75, 3.05) is 17.3 Å². The largest absolute Gasteiger partial charge is 0.376 e. The van der Waals surface area contributed by atoms with Crippen LogP contribution in [-0.4, -0.2) is 28.7 Å². The van der Waals surface area contributed by atoms with Crippen LogP contribution in [0.15, 0.2) is 6.33 Å².